The highest BCUT2D eigenvalue weighted by Gasteiger charge is 2.16. The highest BCUT2D eigenvalue weighted by Crippen LogP contribution is 2.30. The summed E-state index contributed by atoms with van der Waals surface area (Å²) >= 11 is 17.6. The largest absolute Gasteiger partial charge is 0.269 e. The fourth-order valence-electron chi connectivity index (χ4n) is 1.62. The summed E-state index contributed by atoms with van der Waals surface area (Å²) in [5, 5.41) is 8.08. The molecule has 1 aromatic heterocycles. The van der Waals surface area contributed by atoms with Gasteiger partial charge in [0.2, 0.25) is 0 Å². The molecule has 0 atom stereocenters. The van der Waals surface area contributed by atoms with Gasteiger partial charge in [-0.1, -0.05) is 43.1 Å². The normalized spacial score (nSPS) is 11.1. The number of nitrogens with one attached hydrogen (secondary N) is 1. The van der Waals surface area contributed by atoms with Gasteiger partial charge in [0.1, 0.15) is 5.82 Å². The van der Waals surface area contributed by atoms with Crippen molar-refractivity contribution in [2.45, 2.75) is 19.8 Å². The van der Waals surface area contributed by atoms with Gasteiger partial charge in [0.15, 0.2) is 4.77 Å². The Morgan fingerprint density at radius 3 is 2.41 bits per heavy atom. The molecule has 0 aliphatic heterocycles. The van der Waals surface area contributed by atoms with Crippen LogP contribution in [0.1, 0.15) is 25.6 Å². The van der Waals surface area contributed by atoms with E-state index in [2.05, 4.69) is 10.2 Å². The number of benzene rings is 1. The Bertz CT molecular complexity index is 581. The van der Waals surface area contributed by atoms with E-state index in [1.807, 2.05) is 13.8 Å². The Hall–Kier alpha value is -0.840. The Morgan fingerprint density at radius 1 is 1.29 bits per heavy atom. The molecule has 2 rings (SSSR count). The SMILES string of the molecule is CC(C)c1n[nH]c(=S)n1-c1c(Cl)cccc1Cl. The van der Waals surface area contributed by atoms with E-state index in [0.717, 1.165) is 5.82 Å². The van der Waals surface area contributed by atoms with Gasteiger partial charge in [0, 0.05) is 5.92 Å². The number of aromatic amines is 1. The smallest absolute Gasteiger partial charge is 0.199 e. The van der Waals surface area contributed by atoms with E-state index >= 15 is 0 Å². The molecule has 0 aliphatic carbocycles. The number of para-hydroxylation sites is 1. The predicted molar refractivity (Wildman–Crippen MR) is 72.9 cm³/mol. The zero-order valence-corrected chi connectivity index (χ0v) is 11.7. The zero-order chi connectivity index (χ0) is 12.6. The first-order valence-corrected chi connectivity index (χ1v) is 6.30. The molecule has 1 aromatic carbocycles. The van der Waals surface area contributed by atoms with Crippen molar-refractivity contribution in [1.82, 2.24) is 14.8 Å². The van der Waals surface area contributed by atoms with Crippen LogP contribution in [0.15, 0.2) is 18.2 Å². The maximum absolute atomic E-state index is 6.18. The minimum absolute atomic E-state index is 0.218. The highest BCUT2D eigenvalue weighted by atomic mass is 35.5. The van der Waals surface area contributed by atoms with Gasteiger partial charge >= 0.3 is 0 Å². The molecule has 0 amide bonds. The molecule has 1 heterocycles. The van der Waals surface area contributed by atoms with Crippen LogP contribution in [-0.2, 0) is 0 Å². The van der Waals surface area contributed by atoms with Crippen LogP contribution in [-0.4, -0.2) is 14.8 Å². The predicted octanol–water partition coefficient (Wildman–Crippen LogP) is 4.36. The number of hydrogen-bond acceptors (Lipinski definition) is 2. The van der Waals surface area contributed by atoms with Crippen molar-refractivity contribution in [2.24, 2.45) is 0 Å². The molecule has 0 saturated carbocycles. The Kier molecular flexibility index (Phi) is 3.56. The van der Waals surface area contributed by atoms with Crippen LogP contribution in [0.5, 0.6) is 0 Å². The van der Waals surface area contributed by atoms with Crippen molar-refractivity contribution in [3.63, 3.8) is 0 Å². The number of hydrogen-bond donors (Lipinski definition) is 1. The second kappa shape index (κ2) is 4.80. The van der Waals surface area contributed by atoms with E-state index < -0.39 is 0 Å². The summed E-state index contributed by atoms with van der Waals surface area (Å²) in [6.45, 7) is 4.07. The molecule has 0 radical (unpaired) electrons. The Morgan fingerprint density at radius 2 is 1.88 bits per heavy atom. The van der Waals surface area contributed by atoms with Gasteiger partial charge in [-0.15, -0.1) is 0 Å². The molecular weight excluding hydrogens is 277 g/mol. The maximum Gasteiger partial charge on any atom is 0.199 e. The first kappa shape index (κ1) is 12.6. The quantitative estimate of drug-likeness (QED) is 0.833. The van der Waals surface area contributed by atoms with Gasteiger partial charge in [0.05, 0.1) is 15.7 Å². The van der Waals surface area contributed by atoms with Crippen LogP contribution in [0.2, 0.25) is 10.0 Å². The fourth-order valence-corrected chi connectivity index (χ4v) is 2.41. The van der Waals surface area contributed by atoms with Gasteiger partial charge in [-0.2, -0.15) is 5.10 Å². The maximum atomic E-state index is 6.18. The lowest BCUT2D eigenvalue weighted by molar-refractivity contribution is 0.744. The lowest BCUT2D eigenvalue weighted by Crippen LogP contribution is -2.04. The summed E-state index contributed by atoms with van der Waals surface area (Å²) < 4.78 is 2.27. The first-order chi connectivity index (χ1) is 8.02. The van der Waals surface area contributed by atoms with Crippen molar-refractivity contribution in [3.05, 3.63) is 38.8 Å². The molecule has 0 spiro atoms. The van der Waals surface area contributed by atoms with Gasteiger partial charge in [-0.05, 0) is 24.4 Å². The van der Waals surface area contributed by atoms with Gasteiger partial charge in [-0.25, -0.2) is 0 Å². The van der Waals surface area contributed by atoms with E-state index in [1.54, 1.807) is 22.8 Å². The van der Waals surface area contributed by atoms with Crippen LogP contribution in [0.25, 0.3) is 5.69 Å². The Balaban J connectivity index is 2.77. The molecule has 1 N–H and O–H groups in total. The third-order valence-corrected chi connectivity index (χ3v) is 3.26. The number of nitrogens with zero attached hydrogens (tertiary/aromatic N) is 2. The molecule has 0 saturated heterocycles. The summed E-state index contributed by atoms with van der Waals surface area (Å²) in [4.78, 5) is 0. The van der Waals surface area contributed by atoms with E-state index in [1.165, 1.54) is 0 Å². The Labute approximate surface area is 114 Å². The van der Waals surface area contributed by atoms with Gasteiger partial charge < -0.3 is 0 Å². The van der Waals surface area contributed by atoms with Crippen LogP contribution in [0.4, 0.5) is 0 Å². The van der Waals surface area contributed by atoms with Crippen molar-refractivity contribution >= 4 is 35.4 Å². The van der Waals surface area contributed by atoms with Crippen molar-refractivity contribution < 1.29 is 0 Å². The summed E-state index contributed by atoms with van der Waals surface area (Å²) in [5.41, 5.74) is 0.679. The molecule has 17 heavy (non-hydrogen) atoms. The first-order valence-electron chi connectivity index (χ1n) is 5.14. The summed E-state index contributed by atoms with van der Waals surface area (Å²) in [6.07, 6.45) is 0. The number of H-pyrrole nitrogens is 1. The second-order valence-corrected chi connectivity index (χ2v) is 5.15. The third-order valence-electron chi connectivity index (χ3n) is 2.38. The van der Waals surface area contributed by atoms with Crippen LogP contribution in [0, 0.1) is 4.77 Å². The number of rotatable bonds is 2. The topological polar surface area (TPSA) is 33.6 Å². The van der Waals surface area contributed by atoms with Crippen LogP contribution < -0.4 is 0 Å². The lowest BCUT2D eigenvalue weighted by atomic mass is 10.2. The second-order valence-electron chi connectivity index (χ2n) is 3.95. The molecule has 3 nitrogen and oxygen atoms in total. The lowest BCUT2D eigenvalue weighted by Gasteiger charge is -2.12. The van der Waals surface area contributed by atoms with Crippen LogP contribution in [0.3, 0.4) is 0 Å². The van der Waals surface area contributed by atoms with E-state index in [4.69, 9.17) is 35.4 Å². The van der Waals surface area contributed by atoms with Crippen molar-refractivity contribution in [3.8, 4) is 5.69 Å². The van der Waals surface area contributed by atoms with Crippen molar-refractivity contribution in [1.29, 1.82) is 0 Å². The van der Waals surface area contributed by atoms with Crippen molar-refractivity contribution in [2.75, 3.05) is 0 Å². The van der Waals surface area contributed by atoms with Gasteiger partial charge in [0.25, 0.3) is 0 Å². The molecule has 2 aromatic rings. The van der Waals surface area contributed by atoms with Crippen LogP contribution >= 0.6 is 35.4 Å². The zero-order valence-electron chi connectivity index (χ0n) is 9.37. The molecule has 90 valence electrons. The third kappa shape index (κ3) is 2.25. The number of aromatic nitrogens is 3. The van der Waals surface area contributed by atoms with E-state index in [0.29, 0.717) is 20.5 Å². The molecule has 0 unspecified atom stereocenters. The summed E-state index contributed by atoms with van der Waals surface area (Å²) in [7, 11) is 0. The van der Waals surface area contributed by atoms with Gasteiger partial charge in [-0.3, -0.25) is 9.67 Å². The molecule has 6 heteroatoms. The highest BCUT2D eigenvalue weighted by molar-refractivity contribution is 7.71. The summed E-state index contributed by atoms with van der Waals surface area (Å²) in [6, 6.07) is 5.36. The molecule has 0 fully saturated rings. The summed E-state index contributed by atoms with van der Waals surface area (Å²) in [5.74, 6) is 1.03. The monoisotopic (exact) mass is 287 g/mol. The molecule has 0 bridgehead atoms. The minimum atomic E-state index is 0.218. The average molecular weight is 288 g/mol. The molecule has 0 aliphatic rings. The van der Waals surface area contributed by atoms with E-state index in [-0.39, 0.29) is 5.92 Å². The fraction of sp³-hybridized carbons (Fsp3) is 0.273. The molecular formula is C11H11Cl2N3S. The minimum Gasteiger partial charge on any atom is -0.269 e. The standard InChI is InChI=1S/C11H11Cl2N3S/c1-6(2)10-14-15-11(17)16(10)9-7(12)4-3-5-8(9)13/h3-6H,1-2H3,(H,15,17). The number of halogens is 2. The average Bonchev–Trinajstić information content (AvgIpc) is 2.61. The van der Waals surface area contributed by atoms with E-state index in [9.17, 15) is 0 Å².